The first-order chi connectivity index (χ1) is 25.0. The second-order valence-electron chi connectivity index (χ2n) is 14.3. The molecule has 1 aliphatic heterocycles. The number of allylic oxidation sites excluding steroid dienone is 6. The van der Waals surface area contributed by atoms with Gasteiger partial charge in [0.15, 0.2) is 5.82 Å². The van der Waals surface area contributed by atoms with Gasteiger partial charge in [-0.15, -0.1) is 0 Å². The normalized spacial score (nSPS) is 18.5. The van der Waals surface area contributed by atoms with Crippen LogP contribution < -0.4 is 11.2 Å². The van der Waals surface area contributed by atoms with Crippen LogP contribution in [0.1, 0.15) is 107 Å². The van der Waals surface area contributed by atoms with E-state index in [0.717, 1.165) is 17.1 Å². The molecule has 11 nitrogen and oxygen atoms in total. The molecule has 0 aliphatic carbocycles. The van der Waals surface area contributed by atoms with Crippen LogP contribution in [0.25, 0.3) is 5.57 Å². The molecule has 53 heavy (non-hydrogen) atoms. The van der Waals surface area contributed by atoms with E-state index in [0.29, 0.717) is 59.7 Å². The monoisotopic (exact) mass is 737 g/mol. The zero-order valence-corrected chi connectivity index (χ0v) is 31.8. The van der Waals surface area contributed by atoms with E-state index in [4.69, 9.17) is 4.52 Å². The van der Waals surface area contributed by atoms with Gasteiger partial charge in [-0.2, -0.15) is 18.2 Å². The molecule has 3 aromatic heterocycles. The summed E-state index contributed by atoms with van der Waals surface area (Å²) in [6.45, 7) is 13.1. The second-order valence-corrected chi connectivity index (χ2v) is 14.3. The zero-order chi connectivity index (χ0) is 39.0. The van der Waals surface area contributed by atoms with Crippen molar-refractivity contribution >= 4 is 17.6 Å². The molecule has 14 heteroatoms. The van der Waals surface area contributed by atoms with E-state index in [2.05, 4.69) is 44.2 Å². The highest BCUT2D eigenvalue weighted by Crippen LogP contribution is 2.30. The molecule has 4 heterocycles. The lowest BCUT2D eigenvalue weighted by Gasteiger charge is -2.20. The van der Waals surface area contributed by atoms with E-state index in [1.165, 1.54) is 17.0 Å². The SMILES string of the molecule is CCC(/C=C/CC(C)c1c(C)c(=O)n(Cc2nc(C)no2)c(=O)n1C)C[C@@H](C)C(=O)C(C)CCc1cncc(C2=CC(C)C/C=C(\C(F)(F)F)N=C2)n1. The predicted octanol–water partition coefficient (Wildman–Crippen LogP) is 7.27. The number of halogens is 3. The summed E-state index contributed by atoms with van der Waals surface area (Å²) in [5.41, 5.74) is 0.961. The van der Waals surface area contributed by atoms with Crippen molar-refractivity contribution in [3.05, 3.63) is 97.6 Å². The van der Waals surface area contributed by atoms with E-state index < -0.39 is 17.6 Å². The Labute approximate surface area is 307 Å². The van der Waals surface area contributed by atoms with Gasteiger partial charge in [-0.25, -0.2) is 9.78 Å². The van der Waals surface area contributed by atoms with Crippen LogP contribution in [-0.2, 0) is 24.8 Å². The number of hydrogen-bond donors (Lipinski definition) is 0. The van der Waals surface area contributed by atoms with E-state index >= 15 is 0 Å². The molecular formula is C39H50F3N7O4. The minimum Gasteiger partial charge on any atom is -0.337 e. The van der Waals surface area contributed by atoms with Gasteiger partial charge in [-0.05, 0) is 64.2 Å². The number of carbonyl (C=O) groups excluding carboxylic acids is 1. The largest absolute Gasteiger partial charge is 0.433 e. The molecule has 0 bridgehead atoms. The maximum atomic E-state index is 13.4. The lowest BCUT2D eigenvalue weighted by molar-refractivity contribution is -0.126. The molecule has 1 aliphatic rings. The van der Waals surface area contributed by atoms with E-state index in [1.807, 2.05) is 33.8 Å². The Morgan fingerprint density at radius 3 is 2.51 bits per heavy atom. The van der Waals surface area contributed by atoms with Gasteiger partial charge in [0.05, 0.1) is 17.6 Å². The van der Waals surface area contributed by atoms with Crippen LogP contribution in [0, 0.1) is 37.5 Å². The third-order valence-electron chi connectivity index (χ3n) is 9.80. The Morgan fingerprint density at radius 1 is 1.11 bits per heavy atom. The van der Waals surface area contributed by atoms with Crippen molar-refractivity contribution < 1.29 is 22.5 Å². The van der Waals surface area contributed by atoms with Gasteiger partial charge in [0, 0.05) is 54.0 Å². The van der Waals surface area contributed by atoms with Crippen molar-refractivity contribution in [3.63, 3.8) is 0 Å². The van der Waals surface area contributed by atoms with E-state index in [-0.39, 0.29) is 59.8 Å². The highest BCUT2D eigenvalue weighted by molar-refractivity contribution is 6.09. The fourth-order valence-electron chi connectivity index (χ4n) is 6.76. The molecule has 4 unspecified atom stereocenters. The summed E-state index contributed by atoms with van der Waals surface area (Å²) in [7, 11) is 1.66. The lowest BCUT2D eigenvalue weighted by Crippen LogP contribution is -2.42. The number of rotatable bonds is 15. The first-order valence-electron chi connectivity index (χ1n) is 18.1. The number of nitrogens with zero attached hydrogens (tertiary/aromatic N) is 7. The minimum atomic E-state index is -4.53. The Hall–Kier alpha value is -4.75. The fraction of sp³-hybridized carbons (Fsp3) is 0.538. The Bertz CT molecular complexity index is 1970. The molecule has 3 aromatic rings. The highest BCUT2D eigenvalue weighted by atomic mass is 19.4. The van der Waals surface area contributed by atoms with E-state index in [9.17, 15) is 27.6 Å². The molecule has 0 saturated heterocycles. The summed E-state index contributed by atoms with van der Waals surface area (Å²) >= 11 is 0. The number of ketones is 1. The van der Waals surface area contributed by atoms with Crippen LogP contribution in [0.4, 0.5) is 13.2 Å². The quantitative estimate of drug-likeness (QED) is 0.149. The number of aryl methyl sites for hydroxylation is 2. The molecule has 0 saturated carbocycles. The molecule has 0 radical (unpaired) electrons. The topological polar surface area (TPSA) is 138 Å². The van der Waals surface area contributed by atoms with Gasteiger partial charge >= 0.3 is 11.9 Å². The number of aromatic nitrogens is 6. The van der Waals surface area contributed by atoms with Crippen molar-refractivity contribution in [2.45, 2.75) is 106 Å². The van der Waals surface area contributed by atoms with Crippen LogP contribution >= 0.6 is 0 Å². The molecule has 0 spiro atoms. The molecule has 5 atom stereocenters. The molecular weight excluding hydrogens is 687 g/mol. The summed E-state index contributed by atoms with van der Waals surface area (Å²) in [4.78, 5) is 56.5. The number of carbonyl (C=O) groups is 1. The molecule has 0 aromatic carbocycles. The highest BCUT2D eigenvalue weighted by Gasteiger charge is 2.34. The van der Waals surface area contributed by atoms with Crippen LogP contribution in [0.15, 0.2) is 61.5 Å². The minimum absolute atomic E-state index is 0.0971. The second kappa shape index (κ2) is 17.8. The predicted molar refractivity (Wildman–Crippen MR) is 197 cm³/mol. The average Bonchev–Trinajstić information content (AvgIpc) is 3.52. The smallest absolute Gasteiger partial charge is 0.337 e. The first-order valence-corrected chi connectivity index (χ1v) is 18.1. The van der Waals surface area contributed by atoms with Crippen molar-refractivity contribution in [1.29, 1.82) is 0 Å². The molecule has 4 rings (SSSR count). The maximum absolute atomic E-state index is 13.4. The fourth-order valence-corrected chi connectivity index (χ4v) is 6.76. The Morgan fingerprint density at radius 2 is 1.85 bits per heavy atom. The molecule has 286 valence electrons. The van der Waals surface area contributed by atoms with Crippen molar-refractivity contribution in [3.8, 4) is 0 Å². The summed E-state index contributed by atoms with van der Waals surface area (Å²) in [5, 5.41) is 3.73. The number of alkyl halides is 3. The standard InChI is InChI=1S/C39H50F3N7O4/c1-9-29(12-10-11-24(3)35-27(6)37(51)49(38(52)48(35)8)22-34-45-28(7)47-53-34)18-26(5)36(50)25(4)14-15-31-20-43-21-32(46-31)30-17-23(2)13-16-33(44-19-30)39(40,41)42/h10,12,16-17,19-21,23-26,29H,9,11,13-15,18,22H2,1-8H3/b12-10+,30-17?,33-16+,44-19?/t23?,24?,25?,26-,29?/m1/s1. The lowest BCUT2D eigenvalue weighted by atomic mass is 9.84. The third kappa shape index (κ3) is 10.7. The zero-order valence-electron chi connectivity index (χ0n) is 31.8. The Kier molecular flexibility index (Phi) is 13.8. The number of hydrogen-bond acceptors (Lipinski definition) is 9. The summed E-state index contributed by atoms with van der Waals surface area (Å²) in [6, 6.07) is 0. The van der Waals surface area contributed by atoms with Gasteiger partial charge < -0.3 is 9.09 Å². The molecule has 0 N–H and O–H groups in total. The van der Waals surface area contributed by atoms with Crippen molar-refractivity contribution in [1.82, 2.24) is 29.2 Å². The summed E-state index contributed by atoms with van der Waals surface area (Å²) in [5.74, 6) is 0.277. The van der Waals surface area contributed by atoms with Crippen LogP contribution in [0.2, 0.25) is 0 Å². The molecule has 0 amide bonds. The van der Waals surface area contributed by atoms with Crippen molar-refractivity contribution in [2.24, 2.45) is 35.7 Å². The van der Waals surface area contributed by atoms with Gasteiger partial charge in [-0.1, -0.05) is 64.1 Å². The van der Waals surface area contributed by atoms with Gasteiger partial charge in [0.25, 0.3) is 5.56 Å². The first kappa shape index (κ1) is 41.0. The number of Topliss-reactive ketones (excluding diaryl/α,β-unsaturated/α-hetero) is 1. The van der Waals surface area contributed by atoms with Gasteiger partial charge in [0.2, 0.25) is 5.89 Å². The van der Waals surface area contributed by atoms with Crippen LogP contribution in [-0.4, -0.2) is 47.4 Å². The third-order valence-corrected chi connectivity index (χ3v) is 9.80. The summed E-state index contributed by atoms with van der Waals surface area (Å²) < 4.78 is 47.7. The number of aliphatic imine (C=N–C) groups is 1. The van der Waals surface area contributed by atoms with E-state index in [1.54, 1.807) is 27.1 Å². The maximum Gasteiger partial charge on any atom is 0.433 e. The summed E-state index contributed by atoms with van der Waals surface area (Å²) in [6.07, 6.45) is 10.3. The van der Waals surface area contributed by atoms with Gasteiger partial charge in [-0.3, -0.25) is 24.1 Å². The van der Waals surface area contributed by atoms with Crippen LogP contribution in [0.3, 0.4) is 0 Å². The molecule has 0 fully saturated rings. The Balaban J connectivity index is 1.34. The average molecular weight is 738 g/mol. The van der Waals surface area contributed by atoms with Crippen molar-refractivity contribution in [2.75, 3.05) is 0 Å². The van der Waals surface area contributed by atoms with Crippen LogP contribution in [0.5, 0.6) is 0 Å². The van der Waals surface area contributed by atoms with Gasteiger partial charge in [0.1, 0.15) is 18.0 Å².